The topological polar surface area (TPSA) is 35.9 Å². The highest BCUT2D eigenvalue weighted by atomic mass is 35.5. The normalized spacial score (nSPS) is 20.0. The minimum absolute atomic E-state index is 0.0747. The average Bonchev–Trinajstić information content (AvgIpc) is 3.17. The average molecular weight is 410 g/mol. The molecule has 152 valence electrons. The predicted octanol–water partition coefficient (Wildman–Crippen LogP) is 5.12. The molecule has 4 rings (SSSR count). The number of hydrazone groups is 1. The van der Waals surface area contributed by atoms with E-state index in [1.165, 1.54) is 30.4 Å². The summed E-state index contributed by atoms with van der Waals surface area (Å²) in [6.07, 6.45) is 4.32. The fourth-order valence-electron chi connectivity index (χ4n) is 4.16. The molecule has 2 aliphatic heterocycles. The maximum Gasteiger partial charge on any atom is 0.257 e. The van der Waals surface area contributed by atoms with Crippen molar-refractivity contribution in [3.63, 3.8) is 0 Å². The van der Waals surface area contributed by atoms with E-state index in [-0.39, 0.29) is 11.9 Å². The van der Waals surface area contributed by atoms with Gasteiger partial charge in [0.1, 0.15) is 0 Å². The maximum absolute atomic E-state index is 13.2. The zero-order chi connectivity index (χ0) is 20.4. The molecule has 0 spiro atoms. The minimum atomic E-state index is -0.0823. The summed E-state index contributed by atoms with van der Waals surface area (Å²) in [6.45, 7) is 6.66. The Morgan fingerprint density at radius 3 is 2.45 bits per heavy atom. The van der Waals surface area contributed by atoms with Crippen molar-refractivity contribution in [3.8, 4) is 0 Å². The number of aryl methyl sites for hydroxylation is 2. The summed E-state index contributed by atoms with van der Waals surface area (Å²) in [5, 5.41) is 7.23. The quantitative estimate of drug-likeness (QED) is 0.702. The SMILES string of the molecule is Cc1ccc(C2=NN(C(=O)CN3CCCCC3)C(c3ccc(Cl)cc3)C2)cc1C. The third-order valence-electron chi connectivity index (χ3n) is 6.07. The molecule has 0 saturated carbocycles. The van der Waals surface area contributed by atoms with Crippen LogP contribution in [0.1, 0.15) is 54.0 Å². The second kappa shape index (κ2) is 8.68. The van der Waals surface area contributed by atoms with Gasteiger partial charge in [-0.25, -0.2) is 5.01 Å². The molecule has 0 radical (unpaired) electrons. The van der Waals surface area contributed by atoms with Gasteiger partial charge in [-0.3, -0.25) is 9.69 Å². The Bertz CT molecular complexity index is 916. The van der Waals surface area contributed by atoms with Crippen LogP contribution in [-0.2, 0) is 4.79 Å². The van der Waals surface area contributed by atoms with Crippen LogP contribution in [0, 0.1) is 13.8 Å². The standard InChI is InChI=1S/C24H28ClN3O/c1-17-6-7-20(14-18(17)2)22-15-23(19-8-10-21(25)11-9-19)28(26-22)24(29)16-27-12-4-3-5-13-27/h6-11,14,23H,3-5,12-13,15-16H2,1-2H3. The Labute approximate surface area is 178 Å². The lowest BCUT2D eigenvalue weighted by Crippen LogP contribution is -2.40. The molecule has 2 aromatic rings. The van der Waals surface area contributed by atoms with Gasteiger partial charge in [0.2, 0.25) is 0 Å². The summed E-state index contributed by atoms with van der Waals surface area (Å²) < 4.78 is 0. The van der Waals surface area contributed by atoms with Crippen molar-refractivity contribution in [1.29, 1.82) is 0 Å². The van der Waals surface area contributed by atoms with Gasteiger partial charge in [-0.1, -0.05) is 42.3 Å². The van der Waals surface area contributed by atoms with E-state index in [4.69, 9.17) is 16.7 Å². The molecule has 2 aliphatic rings. The van der Waals surface area contributed by atoms with Gasteiger partial charge in [-0.05, 0) is 80.2 Å². The number of piperidine rings is 1. The molecule has 1 fully saturated rings. The van der Waals surface area contributed by atoms with Crippen LogP contribution in [0.2, 0.25) is 5.02 Å². The number of hydrogen-bond donors (Lipinski definition) is 0. The van der Waals surface area contributed by atoms with Gasteiger partial charge in [-0.15, -0.1) is 0 Å². The van der Waals surface area contributed by atoms with E-state index in [1.54, 1.807) is 5.01 Å². The van der Waals surface area contributed by atoms with Gasteiger partial charge in [0.05, 0.1) is 18.3 Å². The molecular formula is C24H28ClN3O. The van der Waals surface area contributed by atoms with Crippen molar-refractivity contribution < 1.29 is 4.79 Å². The van der Waals surface area contributed by atoms with E-state index < -0.39 is 0 Å². The van der Waals surface area contributed by atoms with Gasteiger partial charge in [0, 0.05) is 11.4 Å². The van der Waals surface area contributed by atoms with Crippen LogP contribution in [0.25, 0.3) is 0 Å². The second-order valence-corrected chi connectivity index (χ2v) is 8.63. The number of nitrogens with zero attached hydrogens (tertiary/aromatic N) is 3. The highest BCUT2D eigenvalue weighted by Gasteiger charge is 2.33. The van der Waals surface area contributed by atoms with E-state index in [0.717, 1.165) is 36.3 Å². The second-order valence-electron chi connectivity index (χ2n) is 8.19. The molecule has 0 aliphatic carbocycles. The van der Waals surface area contributed by atoms with Crippen LogP contribution in [0.5, 0.6) is 0 Å². The van der Waals surface area contributed by atoms with Crippen LogP contribution >= 0.6 is 11.6 Å². The molecule has 0 N–H and O–H groups in total. The number of rotatable bonds is 4. The summed E-state index contributed by atoms with van der Waals surface area (Å²) in [4.78, 5) is 15.5. The highest BCUT2D eigenvalue weighted by Crippen LogP contribution is 2.34. The molecule has 1 amide bonds. The number of hydrogen-bond acceptors (Lipinski definition) is 3. The van der Waals surface area contributed by atoms with Gasteiger partial charge < -0.3 is 0 Å². The monoisotopic (exact) mass is 409 g/mol. The van der Waals surface area contributed by atoms with Crippen molar-refractivity contribution in [2.45, 2.75) is 45.6 Å². The van der Waals surface area contributed by atoms with Gasteiger partial charge in [0.15, 0.2) is 0 Å². The van der Waals surface area contributed by atoms with E-state index >= 15 is 0 Å². The molecule has 2 heterocycles. The van der Waals surface area contributed by atoms with Crippen molar-refractivity contribution in [3.05, 3.63) is 69.7 Å². The van der Waals surface area contributed by atoms with E-state index in [0.29, 0.717) is 11.6 Å². The molecule has 4 nitrogen and oxygen atoms in total. The zero-order valence-corrected chi connectivity index (χ0v) is 18.0. The highest BCUT2D eigenvalue weighted by molar-refractivity contribution is 6.30. The molecule has 1 atom stereocenters. The lowest BCUT2D eigenvalue weighted by molar-refractivity contribution is -0.134. The Kier molecular flexibility index (Phi) is 6.02. The lowest BCUT2D eigenvalue weighted by Gasteiger charge is -2.29. The largest absolute Gasteiger partial charge is 0.294 e. The summed E-state index contributed by atoms with van der Waals surface area (Å²) in [5.74, 6) is 0.0747. The van der Waals surface area contributed by atoms with Crippen LogP contribution in [0.4, 0.5) is 0 Å². The Morgan fingerprint density at radius 1 is 1.03 bits per heavy atom. The third-order valence-corrected chi connectivity index (χ3v) is 6.32. The van der Waals surface area contributed by atoms with Crippen LogP contribution in [0.15, 0.2) is 47.6 Å². The number of likely N-dealkylation sites (tertiary alicyclic amines) is 1. The molecule has 5 heteroatoms. The lowest BCUT2D eigenvalue weighted by atomic mass is 9.96. The first-order valence-electron chi connectivity index (χ1n) is 10.5. The Balaban J connectivity index is 1.61. The molecule has 0 bridgehead atoms. The Hall–Kier alpha value is -2.17. The summed E-state index contributed by atoms with van der Waals surface area (Å²) in [6, 6.07) is 14.1. The van der Waals surface area contributed by atoms with Crippen molar-refractivity contribution in [2.75, 3.05) is 19.6 Å². The molecule has 1 unspecified atom stereocenters. The van der Waals surface area contributed by atoms with Gasteiger partial charge in [0.25, 0.3) is 5.91 Å². The smallest absolute Gasteiger partial charge is 0.257 e. The van der Waals surface area contributed by atoms with Crippen molar-refractivity contribution in [2.24, 2.45) is 5.10 Å². The molecule has 0 aromatic heterocycles. The predicted molar refractivity (Wildman–Crippen MR) is 118 cm³/mol. The molecule has 1 saturated heterocycles. The summed E-state index contributed by atoms with van der Waals surface area (Å²) in [7, 11) is 0. The van der Waals surface area contributed by atoms with E-state index in [2.05, 4.69) is 36.9 Å². The minimum Gasteiger partial charge on any atom is -0.294 e. The third kappa shape index (κ3) is 4.54. The molecule has 29 heavy (non-hydrogen) atoms. The first kappa shape index (κ1) is 20.1. The fourth-order valence-corrected chi connectivity index (χ4v) is 4.29. The number of benzene rings is 2. The summed E-state index contributed by atoms with van der Waals surface area (Å²) >= 11 is 6.09. The van der Waals surface area contributed by atoms with Gasteiger partial charge >= 0.3 is 0 Å². The molecular weight excluding hydrogens is 382 g/mol. The van der Waals surface area contributed by atoms with Crippen molar-refractivity contribution >= 4 is 23.2 Å². The van der Waals surface area contributed by atoms with Crippen LogP contribution in [-0.4, -0.2) is 41.2 Å². The number of amides is 1. The Morgan fingerprint density at radius 2 is 1.76 bits per heavy atom. The van der Waals surface area contributed by atoms with E-state index in [1.807, 2.05) is 24.3 Å². The number of halogens is 1. The maximum atomic E-state index is 13.2. The first-order valence-corrected chi connectivity index (χ1v) is 10.8. The van der Waals surface area contributed by atoms with Crippen molar-refractivity contribution in [1.82, 2.24) is 9.91 Å². The van der Waals surface area contributed by atoms with Gasteiger partial charge in [-0.2, -0.15) is 5.10 Å². The molecule has 2 aromatic carbocycles. The number of carbonyl (C=O) groups excluding carboxylic acids is 1. The fraction of sp³-hybridized carbons (Fsp3) is 0.417. The van der Waals surface area contributed by atoms with Crippen LogP contribution in [0.3, 0.4) is 0 Å². The summed E-state index contributed by atoms with van der Waals surface area (Å²) in [5.41, 5.74) is 5.65. The first-order chi connectivity index (χ1) is 14.0. The number of carbonyl (C=O) groups is 1. The van der Waals surface area contributed by atoms with Crippen LogP contribution < -0.4 is 0 Å². The zero-order valence-electron chi connectivity index (χ0n) is 17.2. The van der Waals surface area contributed by atoms with E-state index in [9.17, 15) is 4.79 Å².